The number of benzene rings is 2. The molecule has 0 aliphatic rings. The highest BCUT2D eigenvalue weighted by molar-refractivity contribution is 6.33. The Balaban J connectivity index is 2.14. The van der Waals surface area contributed by atoms with Crippen molar-refractivity contribution in [2.75, 3.05) is 5.32 Å². The molecule has 0 aliphatic carbocycles. The van der Waals surface area contributed by atoms with Crippen LogP contribution in [-0.2, 0) is 6.54 Å². The molecular weight excluding hydrogens is 279 g/mol. The van der Waals surface area contributed by atoms with Gasteiger partial charge >= 0.3 is 0 Å². The van der Waals surface area contributed by atoms with Crippen LogP contribution in [0.15, 0.2) is 36.4 Å². The Morgan fingerprint density at radius 2 is 1.72 bits per heavy atom. The van der Waals surface area contributed by atoms with E-state index in [0.29, 0.717) is 5.56 Å². The summed E-state index contributed by atoms with van der Waals surface area (Å²) < 4.78 is 26.7. The molecule has 0 heterocycles. The van der Waals surface area contributed by atoms with Gasteiger partial charge in [-0.15, -0.1) is 0 Å². The molecule has 0 atom stereocenters. The van der Waals surface area contributed by atoms with Gasteiger partial charge in [-0.05, 0) is 29.8 Å². The average molecular weight is 288 g/mol. The van der Waals surface area contributed by atoms with Gasteiger partial charge in [-0.1, -0.05) is 35.3 Å². The molecule has 2 rings (SSSR count). The number of anilines is 1. The summed E-state index contributed by atoms with van der Waals surface area (Å²) in [5.41, 5.74) is 0.853. The maximum Gasteiger partial charge on any atom is 0.147 e. The molecule has 0 amide bonds. The first-order chi connectivity index (χ1) is 8.58. The van der Waals surface area contributed by atoms with E-state index in [4.69, 9.17) is 23.2 Å². The molecule has 5 heteroatoms. The third-order valence-electron chi connectivity index (χ3n) is 2.42. The molecule has 18 heavy (non-hydrogen) atoms. The van der Waals surface area contributed by atoms with E-state index in [1.807, 2.05) is 0 Å². The molecule has 0 unspecified atom stereocenters. The molecule has 2 aromatic rings. The van der Waals surface area contributed by atoms with Crippen LogP contribution >= 0.6 is 23.2 Å². The van der Waals surface area contributed by atoms with Crippen LogP contribution in [0.2, 0.25) is 10.0 Å². The van der Waals surface area contributed by atoms with Crippen molar-refractivity contribution >= 4 is 28.9 Å². The minimum absolute atomic E-state index is 0.0580. The summed E-state index contributed by atoms with van der Waals surface area (Å²) in [6, 6.07) is 8.81. The van der Waals surface area contributed by atoms with Crippen LogP contribution in [0.4, 0.5) is 14.5 Å². The highest BCUT2D eigenvalue weighted by Gasteiger charge is 2.07. The van der Waals surface area contributed by atoms with E-state index in [2.05, 4.69) is 5.32 Å². The van der Waals surface area contributed by atoms with Crippen molar-refractivity contribution in [3.8, 4) is 0 Å². The van der Waals surface area contributed by atoms with Gasteiger partial charge in [0.15, 0.2) is 0 Å². The molecule has 1 nitrogen and oxygen atoms in total. The Bertz CT molecular complexity index is 553. The molecule has 1 N–H and O–H groups in total. The molecule has 0 saturated carbocycles. The maximum absolute atomic E-state index is 13.5. The summed E-state index contributed by atoms with van der Waals surface area (Å²) in [5.74, 6) is -0.951. The van der Waals surface area contributed by atoms with Gasteiger partial charge in [0.2, 0.25) is 0 Å². The zero-order valence-corrected chi connectivity index (χ0v) is 10.7. The van der Waals surface area contributed by atoms with Gasteiger partial charge < -0.3 is 5.32 Å². The molecule has 0 aliphatic heterocycles. The Kier molecular flexibility index (Phi) is 4.04. The average Bonchev–Trinajstić information content (AvgIpc) is 2.33. The second-order valence-corrected chi connectivity index (χ2v) is 4.51. The van der Waals surface area contributed by atoms with E-state index in [9.17, 15) is 8.78 Å². The third-order valence-corrected chi connectivity index (χ3v) is 3.04. The molecule has 0 radical (unpaired) electrons. The van der Waals surface area contributed by atoms with E-state index in [-0.39, 0.29) is 22.3 Å². The number of nitrogens with one attached hydrogen (secondary N) is 1. The van der Waals surface area contributed by atoms with Crippen molar-refractivity contribution in [2.24, 2.45) is 0 Å². The Hall–Kier alpha value is -1.32. The molecule has 2 aromatic carbocycles. The Morgan fingerprint density at radius 3 is 2.39 bits per heavy atom. The second-order valence-electron chi connectivity index (χ2n) is 3.70. The van der Waals surface area contributed by atoms with Crippen molar-refractivity contribution in [3.63, 3.8) is 0 Å². The van der Waals surface area contributed by atoms with E-state index < -0.39 is 11.6 Å². The molecule has 0 spiro atoms. The summed E-state index contributed by atoms with van der Waals surface area (Å²) in [4.78, 5) is 0. The maximum atomic E-state index is 13.5. The van der Waals surface area contributed by atoms with Crippen LogP contribution in [-0.4, -0.2) is 0 Å². The minimum atomic E-state index is -0.504. The number of para-hydroxylation sites is 1. The predicted molar refractivity (Wildman–Crippen MR) is 70.1 cm³/mol. The summed E-state index contributed by atoms with van der Waals surface area (Å²) in [6.45, 7) is 0.259. The fourth-order valence-electron chi connectivity index (χ4n) is 1.51. The first kappa shape index (κ1) is 13.1. The van der Waals surface area contributed by atoms with Crippen LogP contribution in [0.25, 0.3) is 0 Å². The molecular formula is C13H9Cl2F2N. The first-order valence-corrected chi connectivity index (χ1v) is 5.95. The highest BCUT2D eigenvalue weighted by atomic mass is 35.5. The predicted octanol–water partition coefficient (Wildman–Crippen LogP) is 4.88. The molecule has 0 saturated heterocycles. The summed E-state index contributed by atoms with van der Waals surface area (Å²) in [5, 5.41) is 3.17. The monoisotopic (exact) mass is 287 g/mol. The lowest BCUT2D eigenvalue weighted by Crippen LogP contribution is -2.02. The van der Waals surface area contributed by atoms with Crippen LogP contribution in [0, 0.1) is 11.6 Å². The van der Waals surface area contributed by atoms with E-state index in [1.54, 1.807) is 12.1 Å². The normalized spacial score (nSPS) is 10.4. The summed E-state index contributed by atoms with van der Waals surface area (Å²) in [6.07, 6.45) is 0. The highest BCUT2D eigenvalue weighted by Crippen LogP contribution is 2.25. The lowest BCUT2D eigenvalue weighted by atomic mass is 10.2. The number of hydrogen-bond acceptors (Lipinski definition) is 1. The van der Waals surface area contributed by atoms with E-state index in [1.165, 1.54) is 24.3 Å². The van der Waals surface area contributed by atoms with Crippen molar-refractivity contribution in [1.82, 2.24) is 0 Å². The quantitative estimate of drug-likeness (QED) is 0.848. The Labute approximate surface area is 113 Å². The van der Waals surface area contributed by atoms with Gasteiger partial charge in [0.25, 0.3) is 0 Å². The summed E-state index contributed by atoms with van der Waals surface area (Å²) >= 11 is 11.4. The van der Waals surface area contributed by atoms with Gasteiger partial charge in [0.1, 0.15) is 11.6 Å². The molecule has 94 valence electrons. The topological polar surface area (TPSA) is 12.0 Å². The van der Waals surface area contributed by atoms with Gasteiger partial charge in [-0.3, -0.25) is 0 Å². The van der Waals surface area contributed by atoms with Gasteiger partial charge in [-0.25, -0.2) is 8.78 Å². The molecule has 0 fully saturated rings. The van der Waals surface area contributed by atoms with E-state index in [0.717, 1.165) is 0 Å². The largest absolute Gasteiger partial charge is 0.377 e. The third kappa shape index (κ3) is 2.92. The fourth-order valence-corrected chi connectivity index (χ4v) is 1.85. The zero-order chi connectivity index (χ0) is 13.1. The van der Waals surface area contributed by atoms with Crippen molar-refractivity contribution in [2.45, 2.75) is 6.54 Å². The van der Waals surface area contributed by atoms with Crippen LogP contribution in [0.1, 0.15) is 5.56 Å². The smallest absolute Gasteiger partial charge is 0.147 e. The van der Waals surface area contributed by atoms with Crippen molar-refractivity contribution < 1.29 is 8.78 Å². The number of hydrogen-bond donors (Lipinski definition) is 1. The van der Waals surface area contributed by atoms with E-state index >= 15 is 0 Å². The molecule has 0 bridgehead atoms. The van der Waals surface area contributed by atoms with Crippen molar-refractivity contribution in [3.05, 3.63) is 63.6 Å². The SMILES string of the molecule is Fc1cc(CNc2c(F)cccc2Cl)ccc1Cl. The van der Waals surface area contributed by atoms with Crippen molar-refractivity contribution in [1.29, 1.82) is 0 Å². The number of rotatable bonds is 3. The fraction of sp³-hybridized carbons (Fsp3) is 0.0769. The lowest BCUT2D eigenvalue weighted by Gasteiger charge is -2.09. The summed E-state index contributed by atoms with van der Waals surface area (Å²) in [7, 11) is 0. The number of halogens is 4. The van der Waals surface area contributed by atoms with Gasteiger partial charge in [0, 0.05) is 6.54 Å². The second kappa shape index (κ2) is 5.55. The first-order valence-electron chi connectivity index (χ1n) is 5.20. The minimum Gasteiger partial charge on any atom is -0.377 e. The molecule has 0 aromatic heterocycles. The zero-order valence-electron chi connectivity index (χ0n) is 9.18. The Morgan fingerprint density at radius 1 is 0.944 bits per heavy atom. The van der Waals surface area contributed by atoms with Crippen LogP contribution in [0.3, 0.4) is 0 Å². The van der Waals surface area contributed by atoms with Gasteiger partial charge in [-0.2, -0.15) is 0 Å². The van der Waals surface area contributed by atoms with Crippen LogP contribution in [0.5, 0.6) is 0 Å². The van der Waals surface area contributed by atoms with Crippen LogP contribution < -0.4 is 5.32 Å². The van der Waals surface area contributed by atoms with Gasteiger partial charge in [0.05, 0.1) is 15.7 Å². The lowest BCUT2D eigenvalue weighted by molar-refractivity contribution is 0.625. The standard InChI is InChI=1S/C13H9Cl2F2N/c14-9-5-4-8(6-12(9)17)7-18-13-10(15)2-1-3-11(13)16/h1-6,18H,7H2.